The lowest BCUT2D eigenvalue weighted by molar-refractivity contribution is -0.137. The Labute approximate surface area is 191 Å². The summed E-state index contributed by atoms with van der Waals surface area (Å²) in [6, 6.07) is -2.29. The lowest BCUT2D eigenvalue weighted by Crippen LogP contribution is -2.32. The number of carboxylic acid groups (broad SMARTS) is 1. The summed E-state index contributed by atoms with van der Waals surface area (Å²) in [7, 11) is 0. The van der Waals surface area contributed by atoms with E-state index in [1.54, 1.807) is 11.8 Å². The van der Waals surface area contributed by atoms with E-state index in [2.05, 4.69) is 0 Å². The smallest absolute Gasteiger partial charge is 0.341 e. The third kappa shape index (κ3) is 23.1. The number of thioether (sulfide) groups is 1. The molecule has 0 aromatic rings. The van der Waals surface area contributed by atoms with Gasteiger partial charge in [-0.2, -0.15) is 11.8 Å². The number of carboxylic acids is 1. The van der Waals surface area contributed by atoms with Crippen LogP contribution in [0.15, 0.2) is 0 Å². The van der Waals surface area contributed by atoms with Crippen molar-refractivity contribution in [3.05, 3.63) is 0 Å². The first-order valence-corrected chi connectivity index (χ1v) is 17.4. The second-order valence-corrected chi connectivity index (χ2v) is 18.1. The zero-order valence-electron chi connectivity index (χ0n) is 17.3. The van der Waals surface area contributed by atoms with E-state index in [4.69, 9.17) is 44.1 Å². The number of hydrogen-bond donors (Lipinski definition) is 2. The first kappa shape index (κ1) is 28.9. The molecular weight excluding hydrogens is 453 g/mol. The lowest BCUT2D eigenvalue weighted by atomic mass is 10.0. The van der Waals surface area contributed by atoms with E-state index in [0.29, 0.717) is 5.75 Å². The normalized spacial score (nSPS) is 13.0. The molecule has 0 heterocycles. The maximum Gasteiger partial charge on any atom is 0.341 e. The number of carbonyl (C=O) groups is 1. The van der Waals surface area contributed by atoms with Crippen molar-refractivity contribution in [3.63, 3.8) is 0 Å². The van der Waals surface area contributed by atoms with Crippen molar-refractivity contribution in [2.45, 2.75) is 108 Å². The molecule has 28 heavy (non-hydrogen) atoms. The molecule has 0 rings (SSSR count). The largest absolute Gasteiger partial charge is 0.480 e. The average Bonchev–Trinajstić information content (AvgIpc) is 2.62. The summed E-state index contributed by atoms with van der Waals surface area (Å²) in [4.78, 5) is 10.6. The Morgan fingerprint density at radius 3 is 1.46 bits per heavy atom. The number of halogens is 3. The fourth-order valence-corrected chi connectivity index (χ4v) is 5.93. The molecule has 0 aliphatic rings. The van der Waals surface area contributed by atoms with Gasteiger partial charge in [-0.25, -0.2) is 0 Å². The Kier molecular flexibility index (Phi) is 20.4. The quantitative estimate of drug-likeness (QED) is 0.0981. The maximum atomic E-state index is 10.6. The molecule has 0 aromatic heterocycles. The van der Waals surface area contributed by atoms with Gasteiger partial charge in [0.1, 0.15) is 6.04 Å². The first-order valence-electron chi connectivity index (χ1n) is 11.0. The van der Waals surface area contributed by atoms with Crippen molar-refractivity contribution in [1.82, 2.24) is 0 Å². The molecule has 0 aliphatic carbocycles. The van der Waals surface area contributed by atoms with E-state index in [1.807, 2.05) is 0 Å². The third-order valence-corrected chi connectivity index (χ3v) is 8.66. The van der Waals surface area contributed by atoms with Gasteiger partial charge in [0.15, 0.2) is 0 Å². The van der Waals surface area contributed by atoms with Gasteiger partial charge in [0.25, 0.3) is 0 Å². The highest BCUT2D eigenvalue weighted by Gasteiger charge is 2.23. The van der Waals surface area contributed by atoms with Gasteiger partial charge in [-0.15, -0.1) is 33.2 Å². The van der Waals surface area contributed by atoms with Gasteiger partial charge in [-0.3, -0.25) is 4.79 Å². The van der Waals surface area contributed by atoms with Gasteiger partial charge < -0.3 is 10.8 Å². The third-order valence-electron chi connectivity index (χ3n) is 4.86. The van der Waals surface area contributed by atoms with Gasteiger partial charge in [0.05, 0.1) is 0 Å². The molecule has 3 nitrogen and oxygen atoms in total. The van der Waals surface area contributed by atoms with Crippen LogP contribution < -0.4 is 5.73 Å². The molecule has 3 N–H and O–H groups in total. The van der Waals surface area contributed by atoms with E-state index in [-0.39, 0.29) is 0 Å². The SMILES string of the molecule is NC(CSCCCCCCCCCCCCCCCCC[Si](Cl)(Cl)Cl)C(=O)O. The highest BCUT2D eigenvalue weighted by Crippen LogP contribution is 2.27. The summed E-state index contributed by atoms with van der Waals surface area (Å²) >= 11 is 19.3. The maximum absolute atomic E-state index is 10.6. The van der Waals surface area contributed by atoms with Crippen molar-refractivity contribution < 1.29 is 9.90 Å². The van der Waals surface area contributed by atoms with Crippen LogP contribution in [0.1, 0.15) is 96.3 Å². The van der Waals surface area contributed by atoms with E-state index in [0.717, 1.165) is 18.2 Å². The van der Waals surface area contributed by atoms with Crippen LogP contribution in [0.2, 0.25) is 6.04 Å². The van der Waals surface area contributed by atoms with E-state index in [1.165, 1.54) is 89.9 Å². The van der Waals surface area contributed by atoms with Gasteiger partial charge >= 0.3 is 12.0 Å². The number of hydrogen-bond acceptors (Lipinski definition) is 3. The Bertz CT molecular complexity index is 374. The Balaban J connectivity index is 3.10. The molecule has 0 amide bonds. The molecule has 0 radical (unpaired) electrons. The summed E-state index contributed by atoms with van der Waals surface area (Å²) in [5.74, 6) is 0.644. The summed E-state index contributed by atoms with van der Waals surface area (Å²) < 4.78 is 0. The number of unbranched alkanes of at least 4 members (excludes halogenated alkanes) is 14. The van der Waals surface area contributed by atoms with Gasteiger partial charge in [0.2, 0.25) is 0 Å². The van der Waals surface area contributed by atoms with Crippen LogP contribution in [-0.4, -0.2) is 34.6 Å². The number of rotatable bonds is 21. The van der Waals surface area contributed by atoms with Crippen molar-refractivity contribution in [2.75, 3.05) is 11.5 Å². The Morgan fingerprint density at radius 1 is 0.750 bits per heavy atom. The van der Waals surface area contributed by atoms with Crippen LogP contribution in [-0.2, 0) is 4.79 Å². The lowest BCUT2D eigenvalue weighted by Gasteiger charge is -2.07. The van der Waals surface area contributed by atoms with Crippen LogP contribution in [0.3, 0.4) is 0 Å². The number of nitrogens with two attached hydrogens (primary N) is 1. The van der Waals surface area contributed by atoms with Crippen molar-refractivity contribution >= 4 is 57.0 Å². The zero-order chi connectivity index (χ0) is 21.1. The highest BCUT2D eigenvalue weighted by molar-refractivity contribution is 7.99. The molecule has 0 fully saturated rings. The zero-order valence-corrected chi connectivity index (χ0v) is 21.4. The molecule has 0 saturated carbocycles. The van der Waals surface area contributed by atoms with E-state index in [9.17, 15) is 4.79 Å². The monoisotopic (exact) mass is 491 g/mol. The first-order chi connectivity index (χ1) is 13.3. The van der Waals surface area contributed by atoms with E-state index >= 15 is 0 Å². The minimum atomic E-state index is -2.38. The summed E-state index contributed by atoms with van der Waals surface area (Å²) in [6.07, 6.45) is 19.5. The van der Waals surface area contributed by atoms with Crippen molar-refractivity contribution in [2.24, 2.45) is 5.73 Å². The number of aliphatic carboxylic acids is 1. The highest BCUT2D eigenvalue weighted by atomic mass is 35.8. The van der Waals surface area contributed by atoms with Gasteiger partial charge in [0, 0.05) is 5.75 Å². The molecule has 8 heteroatoms. The molecule has 168 valence electrons. The van der Waals surface area contributed by atoms with Crippen LogP contribution in [0.25, 0.3) is 0 Å². The fraction of sp³-hybridized carbons (Fsp3) is 0.950. The summed E-state index contributed by atoms with van der Waals surface area (Å²) in [5, 5.41) is 8.70. The Morgan fingerprint density at radius 2 is 1.11 bits per heavy atom. The molecule has 0 saturated heterocycles. The predicted octanol–water partition coefficient (Wildman–Crippen LogP) is 7.64. The van der Waals surface area contributed by atoms with Crippen LogP contribution >= 0.6 is 45.0 Å². The second-order valence-electron chi connectivity index (χ2n) is 7.69. The van der Waals surface area contributed by atoms with Crippen LogP contribution in [0.4, 0.5) is 0 Å². The van der Waals surface area contributed by atoms with Crippen molar-refractivity contribution in [3.8, 4) is 0 Å². The summed E-state index contributed by atoms with van der Waals surface area (Å²) in [5.41, 5.74) is 5.47. The molecule has 1 unspecified atom stereocenters. The summed E-state index contributed by atoms with van der Waals surface area (Å²) in [6.45, 7) is 0. The topological polar surface area (TPSA) is 63.3 Å². The predicted molar refractivity (Wildman–Crippen MR) is 130 cm³/mol. The molecule has 0 bridgehead atoms. The van der Waals surface area contributed by atoms with Gasteiger partial charge in [-0.05, 0) is 18.2 Å². The molecule has 0 spiro atoms. The minimum absolute atomic E-state index is 0.521. The standard InChI is InChI=1S/C20H40Cl3NO2SSi/c21-28(22,23)17-15-13-11-9-7-5-3-1-2-4-6-8-10-12-14-16-27-18-19(24)20(25)26/h19H,1-18,24H2,(H,25,26). The van der Waals surface area contributed by atoms with Crippen molar-refractivity contribution in [1.29, 1.82) is 0 Å². The molecular formula is C20H40Cl3NO2SSi. The minimum Gasteiger partial charge on any atom is -0.480 e. The average molecular weight is 493 g/mol. The molecule has 0 aromatic carbocycles. The van der Waals surface area contributed by atoms with Crippen LogP contribution in [0.5, 0.6) is 0 Å². The van der Waals surface area contributed by atoms with Gasteiger partial charge in [-0.1, -0.05) is 89.9 Å². The fourth-order valence-electron chi connectivity index (χ4n) is 3.11. The Hall–Kier alpha value is 0.867. The van der Waals surface area contributed by atoms with Crippen LogP contribution in [0, 0.1) is 0 Å². The molecule has 0 aliphatic heterocycles. The molecule has 1 atom stereocenters. The second kappa shape index (κ2) is 19.8. The van der Waals surface area contributed by atoms with E-state index < -0.39 is 18.0 Å².